The maximum Gasteiger partial charge on any atom is 0.227 e. The highest BCUT2D eigenvalue weighted by Crippen LogP contribution is 2.27. The van der Waals surface area contributed by atoms with E-state index in [9.17, 15) is 9.59 Å². The van der Waals surface area contributed by atoms with Crippen molar-refractivity contribution in [3.63, 3.8) is 0 Å². The van der Waals surface area contributed by atoms with Gasteiger partial charge in [-0.1, -0.05) is 25.1 Å². The summed E-state index contributed by atoms with van der Waals surface area (Å²) in [6.45, 7) is 3.14. The van der Waals surface area contributed by atoms with Crippen molar-refractivity contribution in [2.24, 2.45) is 17.6 Å². The van der Waals surface area contributed by atoms with Gasteiger partial charge in [0.25, 0.3) is 0 Å². The van der Waals surface area contributed by atoms with Crippen molar-refractivity contribution >= 4 is 29.9 Å². The molecule has 0 aromatic heterocycles. The normalized spacial score (nSPS) is 17.7. The Morgan fingerprint density at radius 2 is 2.18 bits per heavy atom. The Balaban J connectivity index is 0.00000242. The van der Waals surface area contributed by atoms with Crippen LogP contribution in [0.5, 0.6) is 0 Å². The Bertz CT molecular complexity index is 522. The first kappa shape index (κ1) is 18.5. The van der Waals surface area contributed by atoms with Crippen LogP contribution in [0.4, 0.5) is 5.69 Å². The van der Waals surface area contributed by atoms with Gasteiger partial charge in [0.2, 0.25) is 11.8 Å². The van der Waals surface area contributed by atoms with Crippen LogP contribution < -0.4 is 16.4 Å². The third kappa shape index (κ3) is 5.00. The number of para-hydroxylation sites is 1. The minimum absolute atomic E-state index is 0. The molecule has 22 heavy (non-hydrogen) atoms. The summed E-state index contributed by atoms with van der Waals surface area (Å²) in [4.78, 5) is 23.8. The average Bonchev–Trinajstić information content (AvgIpc) is 2.50. The molecule has 2 rings (SSSR count). The number of hydrogen-bond acceptors (Lipinski definition) is 3. The summed E-state index contributed by atoms with van der Waals surface area (Å²) >= 11 is 0. The summed E-state index contributed by atoms with van der Waals surface area (Å²) in [5.74, 6) is 0.148. The molecule has 0 radical (unpaired) electrons. The molecule has 4 N–H and O–H groups in total. The Morgan fingerprint density at radius 3 is 2.91 bits per heavy atom. The maximum absolute atomic E-state index is 12.0. The van der Waals surface area contributed by atoms with Crippen LogP contribution in [0.1, 0.15) is 25.3 Å². The molecule has 0 saturated heterocycles. The number of rotatable bonds is 6. The van der Waals surface area contributed by atoms with E-state index in [0.29, 0.717) is 32.4 Å². The van der Waals surface area contributed by atoms with Crippen LogP contribution in [-0.4, -0.2) is 24.9 Å². The summed E-state index contributed by atoms with van der Waals surface area (Å²) in [6, 6.07) is 7.80. The number of carbonyl (C=O) groups excluding carboxylic acids is 2. The van der Waals surface area contributed by atoms with E-state index in [1.807, 2.05) is 31.2 Å². The molecular formula is C16H24ClN3O2. The number of benzene rings is 1. The number of nitrogens with two attached hydrogens (primary N) is 1. The predicted octanol–water partition coefficient (Wildman–Crippen LogP) is 1.71. The molecule has 0 fully saturated rings. The van der Waals surface area contributed by atoms with Gasteiger partial charge < -0.3 is 16.4 Å². The Morgan fingerprint density at radius 1 is 1.45 bits per heavy atom. The molecule has 122 valence electrons. The molecule has 1 aromatic rings. The molecular weight excluding hydrogens is 302 g/mol. The van der Waals surface area contributed by atoms with Crippen LogP contribution in [0.25, 0.3) is 0 Å². The summed E-state index contributed by atoms with van der Waals surface area (Å²) in [6.07, 6.45) is 1.65. The lowest BCUT2D eigenvalue weighted by molar-refractivity contribution is -0.122. The van der Waals surface area contributed by atoms with Gasteiger partial charge in [-0.05, 0) is 36.9 Å². The fraction of sp³-hybridized carbons (Fsp3) is 0.500. The molecule has 1 heterocycles. The largest absolute Gasteiger partial charge is 0.356 e. The smallest absolute Gasteiger partial charge is 0.227 e. The van der Waals surface area contributed by atoms with E-state index >= 15 is 0 Å². The molecule has 1 aliphatic heterocycles. The molecule has 1 aliphatic rings. The molecule has 5 nitrogen and oxygen atoms in total. The lowest BCUT2D eigenvalue weighted by Crippen LogP contribution is -2.33. The second-order valence-electron chi connectivity index (χ2n) is 5.73. The summed E-state index contributed by atoms with van der Waals surface area (Å²) in [5, 5.41) is 5.76. The molecule has 2 amide bonds. The van der Waals surface area contributed by atoms with Gasteiger partial charge >= 0.3 is 0 Å². The fourth-order valence-electron chi connectivity index (χ4n) is 2.41. The zero-order valence-electron chi connectivity index (χ0n) is 12.8. The van der Waals surface area contributed by atoms with Crippen LogP contribution >= 0.6 is 12.4 Å². The third-order valence-electron chi connectivity index (χ3n) is 3.88. The van der Waals surface area contributed by atoms with Crippen LogP contribution in [-0.2, 0) is 16.0 Å². The quantitative estimate of drug-likeness (QED) is 0.744. The third-order valence-corrected chi connectivity index (χ3v) is 3.88. The van der Waals surface area contributed by atoms with Crippen molar-refractivity contribution in [2.45, 2.75) is 26.2 Å². The molecule has 0 saturated carbocycles. The van der Waals surface area contributed by atoms with Crippen LogP contribution in [0.2, 0.25) is 0 Å². The molecule has 6 heteroatoms. The van der Waals surface area contributed by atoms with Gasteiger partial charge in [0, 0.05) is 24.6 Å². The number of halogens is 1. The topological polar surface area (TPSA) is 84.2 Å². The van der Waals surface area contributed by atoms with Gasteiger partial charge in [0.05, 0.1) is 0 Å². The monoisotopic (exact) mass is 325 g/mol. The van der Waals surface area contributed by atoms with Crippen LogP contribution in [0.3, 0.4) is 0 Å². The lowest BCUT2D eigenvalue weighted by Gasteiger charge is -2.24. The highest BCUT2D eigenvalue weighted by atomic mass is 35.5. The van der Waals surface area contributed by atoms with E-state index < -0.39 is 0 Å². The highest BCUT2D eigenvalue weighted by molar-refractivity contribution is 5.96. The number of nitrogens with one attached hydrogen (secondary N) is 2. The highest BCUT2D eigenvalue weighted by Gasteiger charge is 2.26. The van der Waals surface area contributed by atoms with E-state index in [4.69, 9.17) is 5.73 Å². The van der Waals surface area contributed by atoms with Crippen molar-refractivity contribution in [2.75, 3.05) is 18.4 Å². The number of hydrogen-bond donors (Lipinski definition) is 3. The Labute approximate surface area is 137 Å². The molecule has 2 unspecified atom stereocenters. The fourth-order valence-corrected chi connectivity index (χ4v) is 2.41. The number of carbonyl (C=O) groups is 2. The van der Waals surface area contributed by atoms with Crippen molar-refractivity contribution in [3.05, 3.63) is 29.8 Å². The van der Waals surface area contributed by atoms with Gasteiger partial charge in [-0.2, -0.15) is 0 Å². The second kappa shape index (κ2) is 8.76. The van der Waals surface area contributed by atoms with Crippen LogP contribution in [0.15, 0.2) is 24.3 Å². The SMILES string of the molecule is CC(CN)CNC(=O)CCC1Cc2ccccc2NC1=O.Cl. The summed E-state index contributed by atoms with van der Waals surface area (Å²) in [7, 11) is 0. The van der Waals surface area contributed by atoms with E-state index in [2.05, 4.69) is 10.6 Å². The van der Waals surface area contributed by atoms with E-state index in [1.54, 1.807) is 0 Å². The molecule has 1 aromatic carbocycles. The van der Waals surface area contributed by atoms with Gasteiger partial charge in [-0.15, -0.1) is 12.4 Å². The van der Waals surface area contributed by atoms with Crippen LogP contribution in [0, 0.1) is 11.8 Å². The van der Waals surface area contributed by atoms with E-state index in [1.165, 1.54) is 0 Å². The average molecular weight is 326 g/mol. The van der Waals surface area contributed by atoms with Gasteiger partial charge in [0.1, 0.15) is 0 Å². The van der Waals surface area contributed by atoms with Gasteiger partial charge in [-0.25, -0.2) is 0 Å². The predicted molar refractivity (Wildman–Crippen MR) is 90.0 cm³/mol. The summed E-state index contributed by atoms with van der Waals surface area (Å²) < 4.78 is 0. The first-order chi connectivity index (χ1) is 10.1. The lowest BCUT2D eigenvalue weighted by atomic mass is 9.89. The van der Waals surface area contributed by atoms with Crippen molar-refractivity contribution in [3.8, 4) is 0 Å². The Kier molecular flexibility index (Phi) is 7.35. The molecule has 0 aliphatic carbocycles. The first-order valence-corrected chi connectivity index (χ1v) is 7.45. The van der Waals surface area contributed by atoms with Gasteiger partial charge in [0.15, 0.2) is 0 Å². The van der Waals surface area contributed by atoms with Crippen molar-refractivity contribution in [1.82, 2.24) is 5.32 Å². The zero-order valence-corrected chi connectivity index (χ0v) is 13.6. The van der Waals surface area contributed by atoms with Crippen molar-refractivity contribution in [1.29, 1.82) is 0 Å². The number of anilines is 1. The maximum atomic E-state index is 12.0. The van der Waals surface area contributed by atoms with E-state index in [0.717, 1.165) is 11.3 Å². The van der Waals surface area contributed by atoms with Crippen molar-refractivity contribution < 1.29 is 9.59 Å². The van der Waals surface area contributed by atoms with E-state index in [-0.39, 0.29) is 36.1 Å². The molecule has 0 spiro atoms. The Hall–Kier alpha value is -1.59. The molecule has 0 bridgehead atoms. The summed E-state index contributed by atoms with van der Waals surface area (Å²) in [5.41, 5.74) is 7.54. The molecule has 2 atom stereocenters. The zero-order chi connectivity index (χ0) is 15.2. The first-order valence-electron chi connectivity index (χ1n) is 7.45. The number of fused-ring (bicyclic) bond motifs is 1. The minimum Gasteiger partial charge on any atom is -0.356 e. The number of amides is 2. The second-order valence-corrected chi connectivity index (χ2v) is 5.73. The standard InChI is InChI=1S/C16H23N3O2.ClH/c1-11(9-17)10-18-15(20)7-6-13-8-12-4-2-3-5-14(12)19-16(13)21;/h2-5,11,13H,6-10,17H2,1H3,(H,18,20)(H,19,21);1H. The van der Waals surface area contributed by atoms with Gasteiger partial charge in [-0.3, -0.25) is 9.59 Å². The minimum atomic E-state index is -0.127.